The Kier molecular flexibility index (Phi) is 6.49. The second-order valence-corrected chi connectivity index (χ2v) is 7.15. The van der Waals surface area contributed by atoms with E-state index in [0.717, 1.165) is 6.42 Å². The second-order valence-electron chi connectivity index (χ2n) is 6.36. The Balaban J connectivity index is 2.15. The van der Waals surface area contributed by atoms with E-state index in [9.17, 15) is 9.59 Å². The minimum Gasteiger partial charge on any atom is -0.481 e. The van der Waals surface area contributed by atoms with Crippen molar-refractivity contribution in [2.75, 3.05) is 27.2 Å². The van der Waals surface area contributed by atoms with E-state index < -0.39 is 5.97 Å². The van der Waals surface area contributed by atoms with Crippen molar-refractivity contribution in [1.82, 2.24) is 9.80 Å². The molecule has 0 unspecified atom stereocenters. The van der Waals surface area contributed by atoms with Crippen LogP contribution in [-0.2, 0) is 4.79 Å². The first-order valence-electron chi connectivity index (χ1n) is 7.92. The number of rotatable bonds is 5. The van der Waals surface area contributed by atoms with Gasteiger partial charge in [0.1, 0.15) is 0 Å². The predicted octanol–water partition coefficient (Wildman–Crippen LogP) is 3.25. The zero-order valence-corrected chi connectivity index (χ0v) is 15.3. The standard InChI is InChI=1S/C17H22Cl2N2O3/c1-20(2)14-8-9-21(10-11(14)6-7-15(22)23)17(24)12-4-3-5-13(18)16(12)19/h3-5,11,14H,6-10H2,1-2H3,(H,22,23)/t11-,14+/m0/s1. The topological polar surface area (TPSA) is 60.9 Å². The molecule has 1 aliphatic rings. The van der Waals surface area contributed by atoms with Gasteiger partial charge in [-0.2, -0.15) is 0 Å². The number of carbonyl (C=O) groups is 2. The summed E-state index contributed by atoms with van der Waals surface area (Å²) >= 11 is 12.2. The third-order valence-corrected chi connectivity index (χ3v) is 5.37. The lowest BCUT2D eigenvalue weighted by molar-refractivity contribution is -0.137. The second kappa shape index (κ2) is 8.19. The minimum atomic E-state index is -0.811. The van der Waals surface area contributed by atoms with Crippen LogP contribution in [0.4, 0.5) is 0 Å². The van der Waals surface area contributed by atoms with Crippen LogP contribution < -0.4 is 0 Å². The van der Waals surface area contributed by atoms with E-state index in [1.54, 1.807) is 23.1 Å². The van der Waals surface area contributed by atoms with Crippen molar-refractivity contribution in [3.8, 4) is 0 Å². The largest absolute Gasteiger partial charge is 0.481 e. The van der Waals surface area contributed by atoms with Gasteiger partial charge in [-0.15, -0.1) is 0 Å². The zero-order chi connectivity index (χ0) is 17.9. The number of aliphatic carboxylic acids is 1. The maximum absolute atomic E-state index is 12.8. The van der Waals surface area contributed by atoms with Crippen LogP contribution in [0.25, 0.3) is 0 Å². The van der Waals surface area contributed by atoms with Gasteiger partial charge in [0, 0.05) is 25.6 Å². The first kappa shape index (κ1) is 19.0. The lowest BCUT2D eigenvalue weighted by Crippen LogP contribution is -2.50. The lowest BCUT2D eigenvalue weighted by atomic mass is 9.87. The SMILES string of the molecule is CN(C)[C@@H]1CCN(C(=O)c2cccc(Cl)c2Cl)C[C@@H]1CCC(=O)O. The summed E-state index contributed by atoms with van der Waals surface area (Å²) in [4.78, 5) is 27.6. The molecule has 1 aliphatic heterocycles. The van der Waals surface area contributed by atoms with Gasteiger partial charge in [-0.05, 0) is 45.0 Å². The van der Waals surface area contributed by atoms with E-state index in [0.29, 0.717) is 30.1 Å². The molecule has 1 fully saturated rings. The van der Waals surface area contributed by atoms with Crippen LogP contribution in [0.2, 0.25) is 10.0 Å². The maximum Gasteiger partial charge on any atom is 0.303 e. The minimum absolute atomic E-state index is 0.106. The molecule has 0 bridgehead atoms. The summed E-state index contributed by atoms with van der Waals surface area (Å²) in [6.45, 7) is 1.14. The van der Waals surface area contributed by atoms with Crippen LogP contribution >= 0.6 is 23.2 Å². The molecule has 7 heteroatoms. The van der Waals surface area contributed by atoms with Gasteiger partial charge in [-0.3, -0.25) is 9.59 Å². The van der Waals surface area contributed by atoms with Crippen molar-refractivity contribution < 1.29 is 14.7 Å². The summed E-state index contributed by atoms with van der Waals surface area (Å²) in [7, 11) is 3.98. The van der Waals surface area contributed by atoms with Gasteiger partial charge in [-0.25, -0.2) is 0 Å². The van der Waals surface area contributed by atoms with Crippen molar-refractivity contribution >= 4 is 35.1 Å². The lowest BCUT2D eigenvalue weighted by Gasteiger charge is -2.41. The summed E-state index contributed by atoms with van der Waals surface area (Å²) in [5.41, 5.74) is 0.393. The third kappa shape index (κ3) is 4.41. The number of amides is 1. The molecule has 5 nitrogen and oxygen atoms in total. The molecule has 1 aromatic rings. The van der Waals surface area contributed by atoms with Crippen molar-refractivity contribution in [1.29, 1.82) is 0 Å². The van der Waals surface area contributed by atoms with E-state index in [2.05, 4.69) is 4.90 Å². The molecule has 1 N–H and O–H groups in total. The number of carboxylic acids is 1. The summed E-state index contributed by atoms with van der Waals surface area (Å²) < 4.78 is 0. The monoisotopic (exact) mass is 372 g/mol. The highest BCUT2D eigenvalue weighted by Crippen LogP contribution is 2.30. The Labute approximate surface area is 152 Å². The van der Waals surface area contributed by atoms with E-state index in [1.807, 2.05) is 14.1 Å². The fourth-order valence-corrected chi connectivity index (χ4v) is 3.70. The average Bonchev–Trinajstić information content (AvgIpc) is 2.54. The van der Waals surface area contributed by atoms with E-state index in [4.69, 9.17) is 28.3 Å². The summed E-state index contributed by atoms with van der Waals surface area (Å²) in [6.07, 6.45) is 1.46. The molecule has 0 radical (unpaired) electrons. The van der Waals surface area contributed by atoms with E-state index >= 15 is 0 Å². The molecule has 1 saturated heterocycles. The van der Waals surface area contributed by atoms with Crippen LogP contribution in [0.15, 0.2) is 18.2 Å². The van der Waals surface area contributed by atoms with Gasteiger partial charge >= 0.3 is 5.97 Å². The Morgan fingerprint density at radius 3 is 2.67 bits per heavy atom. The Hall–Kier alpha value is -1.30. The van der Waals surface area contributed by atoms with Gasteiger partial charge in [-0.1, -0.05) is 29.3 Å². The zero-order valence-electron chi connectivity index (χ0n) is 13.8. The normalized spacial score (nSPS) is 21.1. The summed E-state index contributed by atoms with van der Waals surface area (Å²) in [6, 6.07) is 5.29. The molecule has 1 amide bonds. The van der Waals surface area contributed by atoms with E-state index in [1.165, 1.54) is 0 Å². The number of hydrogen-bond acceptors (Lipinski definition) is 3. The smallest absolute Gasteiger partial charge is 0.303 e. The Bertz CT molecular complexity index is 622. The number of piperidine rings is 1. The maximum atomic E-state index is 12.8. The quantitative estimate of drug-likeness (QED) is 0.861. The van der Waals surface area contributed by atoms with E-state index in [-0.39, 0.29) is 29.3 Å². The van der Waals surface area contributed by atoms with Crippen molar-refractivity contribution in [3.05, 3.63) is 33.8 Å². The molecule has 2 atom stereocenters. The highest BCUT2D eigenvalue weighted by atomic mass is 35.5. The molecular formula is C17H22Cl2N2O3. The fourth-order valence-electron chi connectivity index (χ4n) is 3.32. The van der Waals surface area contributed by atoms with Gasteiger partial charge in [0.25, 0.3) is 5.91 Å². The van der Waals surface area contributed by atoms with Crippen molar-refractivity contribution in [3.63, 3.8) is 0 Å². The number of nitrogens with zero attached hydrogens (tertiary/aromatic N) is 2. The Morgan fingerprint density at radius 1 is 1.33 bits per heavy atom. The van der Waals surface area contributed by atoms with Gasteiger partial charge in [0.15, 0.2) is 0 Å². The summed E-state index contributed by atoms with van der Waals surface area (Å²) in [5.74, 6) is -0.847. The average molecular weight is 373 g/mol. The van der Waals surface area contributed by atoms with Crippen LogP contribution in [0.1, 0.15) is 29.6 Å². The number of carbonyl (C=O) groups excluding carboxylic acids is 1. The molecule has 0 aliphatic carbocycles. The molecule has 0 saturated carbocycles. The fraction of sp³-hybridized carbons (Fsp3) is 0.529. The van der Waals surface area contributed by atoms with Crippen molar-refractivity contribution in [2.45, 2.75) is 25.3 Å². The number of carboxylic acid groups (broad SMARTS) is 1. The van der Waals surface area contributed by atoms with Gasteiger partial charge in [0.05, 0.1) is 15.6 Å². The predicted molar refractivity (Wildman–Crippen MR) is 94.8 cm³/mol. The van der Waals surface area contributed by atoms with Crippen LogP contribution in [0.3, 0.4) is 0 Å². The number of halogens is 2. The molecule has 2 rings (SSSR count). The number of likely N-dealkylation sites (tertiary alicyclic amines) is 1. The van der Waals surface area contributed by atoms with Crippen molar-refractivity contribution in [2.24, 2.45) is 5.92 Å². The molecule has 1 aromatic carbocycles. The highest BCUT2D eigenvalue weighted by Gasteiger charge is 2.33. The molecule has 1 heterocycles. The third-order valence-electron chi connectivity index (χ3n) is 4.56. The first-order chi connectivity index (χ1) is 11.3. The molecule has 24 heavy (non-hydrogen) atoms. The summed E-state index contributed by atoms with van der Waals surface area (Å²) in [5, 5.41) is 9.58. The Morgan fingerprint density at radius 2 is 2.04 bits per heavy atom. The molecule has 0 spiro atoms. The number of hydrogen-bond donors (Lipinski definition) is 1. The first-order valence-corrected chi connectivity index (χ1v) is 8.68. The highest BCUT2D eigenvalue weighted by molar-refractivity contribution is 6.43. The molecule has 132 valence electrons. The number of benzene rings is 1. The molecule has 0 aromatic heterocycles. The van der Waals surface area contributed by atoms with Crippen LogP contribution in [-0.4, -0.2) is 60.0 Å². The van der Waals surface area contributed by atoms with Crippen LogP contribution in [0, 0.1) is 5.92 Å². The van der Waals surface area contributed by atoms with Gasteiger partial charge < -0.3 is 14.9 Å². The van der Waals surface area contributed by atoms with Crippen LogP contribution in [0.5, 0.6) is 0 Å². The van der Waals surface area contributed by atoms with Gasteiger partial charge in [0.2, 0.25) is 0 Å². The molecular weight excluding hydrogens is 351 g/mol.